The Morgan fingerprint density at radius 3 is 2.73 bits per heavy atom. The van der Waals surface area contributed by atoms with Crippen molar-refractivity contribution in [3.05, 3.63) is 53.1 Å². The smallest absolute Gasteiger partial charge is 0.138 e. The predicted octanol–water partition coefficient (Wildman–Crippen LogP) is 7.52. The maximum Gasteiger partial charge on any atom is 0.138 e. The molecule has 2 bridgehead atoms. The molecule has 3 aliphatic rings. The summed E-state index contributed by atoms with van der Waals surface area (Å²) < 4.78 is 19.8. The second-order valence-electron chi connectivity index (χ2n) is 11.2. The second kappa shape index (κ2) is 6.82. The number of hydrogen-bond donors (Lipinski definition) is 1. The largest absolute Gasteiger partial charge is 0.508 e. The van der Waals surface area contributed by atoms with Crippen molar-refractivity contribution in [3.8, 4) is 28.6 Å². The summed E-state index contributed by atoms with van der Waals surface area (Å²) in [6.45, 7) is 11.0. The molecule has 3 aromatic rings. The van der Waals surface area contributed by atoms with Crippen LogP contribution >= 0.6 is 0 Å². The highest BCUT2D eigenvalue weighted by Gasteiger charge is 2.54. The lowest BCUT2D eigenvalue weighted by molar-refractivity contribution is -0.0730. The molecule has 3 heterocycles. The Morgan fingerprint density at radius 1 is 1.12 bits per heavy atom. The van der Waals surface area contributed by atoms with Crippen molar-refractivity contribution in [2.45, 2.75) is 77.4 Å². The second-order valence-corrected chi connectivity index (χ2v) is 11.2. The number of fused-ring (bicyclic) bond motifs is 2. The van der Waals surface area contributed by atoms with Crippen molar-refractivity contribution in [1.82, 2.24) is 0 Å². The van der Waals surface area contributed by atoms with Crippen molar-refractivity contribution < 1.29 is 19.0 Å². The van der Waals surface area contributed by atoms with Crippen LogP contribution in [0.15, 0.2) is 46.4 Å². The maximum atomic E-state index is 9.93. The topological polar surface area (TPSA) is 51.8 Å². The molecule has 1 N–H and O–H groups in total. The zero-order chi connectivity index (χ0) is 23.1. The van der Waals surface area contributed by atoms with Gasteiger partial charge in [0.05, 0.1) is 0 Å². The highest BCUT2D eigenvalue weighted by atomic mass is 16.5. The minimum Gasteiger partial charge on any atom is -0.508 e. The van der Waals surface area contributed by atoms with E-state index in [-0.39, 0.29) is 17.0 Å². The third-order valence-corrected chi connectivity index (χ3v) is 7.98. The molecule has 2 aliphatic heterocycles. The first-order chi connectivity index (χ1) is 15.6. The van der Waals surface area contributed by atoms with Crippen LogP contribution in [-0.2, 0) is 6.42 Å². The van der Waals surface area contributed by atoms with E-state index in [1.54, 1.807) is 12.1 Å². The molecule has 3 atom stereocenters. The molecule has 1 saturated carbocycles. The van der Waals surface area contributed by atoms with Gasteiger partial charge >= 0.3 is 0 Å². The molecule has 1 fully saturated rings. The van der Waals surface area contributed by atoms with Crippen LogP contribution in [0.5, 0.6) is 17.2 Å². The van der Waals surface area contributed by atoms with Gasteiger partial charge in [0.15, 0.2) is 0 Å². The molecule has 0 radical (unpaired) electrons. The third kappa shape index (κ3) is 3.18. The van der Waals surface area contributed by atoms with Gasteiger partial charge in [-0.15, -0.1) is 0 Å². The van der Waals surface area contributed by atoms with Crippen LogP contribution in [-0.4, -0.2) is 16.3 Å². The third-order valence-electron chi connectivity index (χ3n) is 7.98. The molecule has 0 saturated heterocycles. The average molecular weight is 445 g/mol. The molecule has 33 heavy (non-hydrogen) atoms. The van der Waals surface area contributed by atoms with Crippen LogP contribution in [0.1, 0.15) is 70.9 Å². The summed E-state index contributed by atoms with van der Waals surface area (Å²) in [6.07, 6.45) is 6.27. The van der Waals surface area contributed by atoms with Gasteiger partial charge in [0, 0.05) is 40.0 Å². The number of phenols is 1. The van der Waals surface area contributed by atoms with Crippen molar-refractivity contribution in [2.24, 2.45) is 5.92 Å². The molecule has 3 unspecified atom stereocenters. The van der Waals surface area contributed by atoms with E-state index >= 15 is 0 Å². The summed E-state index contributed by atoms with van der Waals surface area (Å²) >= 11 is 0. The number of benzene rings is 2. The van der Waals surface area contributed by atoms with E-state index in [1.807, 2.05) is 6.07 Å². The fourth-order valence-electron chi connectivity index (χ4n) is 6.33. The monoisotopic (exact) mass is 444 g/mol. The molecule has 0 spiro atoms. The molecule has 1 aromatic heterocycles. The Hall–Kier alpha value is -2.88. The standard InChI is InChI=1S/C29H32O4/c1-16(2)6-9-19-20(24-12-17-7-8-18(30)13-23(17)31-24)14-25-26-21-15-29(5,33-27(19)26)11-10-22(21)28(3,4)32-25/h6-8,12-14,21-22,30H,9-11,15H2,1-5H3. The van der Waals surface area contributed by atoms with Gasteiger partial charge in [0.25, 0.3) is 0 Å². The summed E-state index contributed by atoms with van der Waals surface area (Å²) in [5.74, 6) is 3.87. The molecule has 0 amide bonds. The first kappa shape index (κ1) is 20.7. The fraction of sp³-hybridized carbons (Fsp3) is 0.448. The van der Waals surface area contributed by atoms with Gasteiger partial charge in [0.1, 0.15) is 39.8 Å². The zero-order valence-corrected chi connectivity index (χ0v) is 20.1. The Kier molecular flexibility index (Phi) is 4.28. The van der Waals surface area contributed by atoms with Crippen molar-refractivity contribution >= 4 is 11.0 Å². The van der Waals surface area contributed by atoms with Gasteiger partial charge in [0.2, 0.25) is 0 Å². The minimum absolute atomic E-state index is 0.142. The van der Waals surface area contributed by atoms with Gasteiger partial charge in [-0.3, -0.25) is 0 Å². The van der Waals surface area contributed by atoms with Crippen LogP contribution in [0, 0.1) is 5.92 Å². The first-order valence-electron chi connectivity index (χ1n) is 12.1. The molecule has 6 rings (SSSR count). The van der Waals surface area contributed by atoms with Gasteiger partial charge < -0.3 is 19.0 Å². The summed E-state index contributed by atoms with van der Waals surface area (Å²) in [5, 5.41) is 10.9. The highest BCUT2D eigenvalue weighted by Crippen LogP contribution is 2.62. The Balaban J connectivity index is 1.63. The van der Waals surface area contributed by atoms with E-state index in [0.29, 0.717) is 17.4 Å². The lowest BCUT2D eigenvalue weighted by Crippen LogP contribution is -2.54. The van der Waals surface area contributed by atoms with Crippen molar-refractivity contribution in [2.75, 3.05) is 0 Å². The first-order valence-corrected chi connectivity index (χ1v) is 12.1. The van der Waals surface area contributed by atoms with Gasteiger partial charge in [-0.1, -0.05) is 11.6 Å². The molecule has 4 heteroatoms. The number of phenolic OH excluding ortho intramolecular Hbond substituents is 1. The predicted molar refractivity (Wildman–Crippen MR) is 130 cm³/mol. The summed E-state index contributed by atoms with van der Waals surface area (Å²) in [7, 11) is 0. The number of allylic oxidation sites excluding steroid dienone is 2. The molecular formula is C29H32O4. The van der Waals surface area contributed by atoms with E-state index in [4.69, 9.17) is 13.9 Å². The normalized spacial score (nSPS) is 26.5. The highest BCUT2D eigenvalue weighted by molar-refractivity contribution is 5.86. The number of hydrogen-bond acceptors (Lipinski definition) is 4. The number of aromatic hydroxyl groups is 1. The van der Waals surface area contributed by atoms with Crippen LogP contribution in [0.25, 0.3) is 22.3 Å². The van der Waals surface area contributed by atoms with E-state index in [9.17, 15) is 5.11 Å². The van der Waals surface area contributed by atoms with Crippen molar-refractivity contribution in [1.29, 1.82) is 0 Å². The van der Waals surface area contributed by atoms with Crippen LogP contribution < -0.4 is 9.47 Å². The van der Waals surface area contributed by atoms with Crippen molar-refractivity contribution in [3.63, 3.8) is 0 Å². The van der Waals surface area contributed by atoms with Gasteiger partial charge in [-0.05, 0) is 84.6 Å². The van der Waals surface area contributed by atoms with E-state index in [0.717, 1.165) is 59.5 Å². The lowest BCUT2D eigenvalue weighted by atomic mass is 9.61. The van der Waals surface area contributed by atoms with E-state index in [1.165, 1.54) is 11.1 Å². The van der Waals surface area contributed by atoms with Gasteiger partial charge in [-0.25, -0.2) is 0 Å². The molecule has 1 aliphatic carbocycles. The maximum absolute atomic E-state index is 9.93. The SMILES string of the molecule is CC(C)=CCc1c(-c2cc3ccc(O)cc3o2)cc2c3c1OC1(C)CCC(C3C1)C(C)(C)O2. The molecule has 4 nitrogen and oxygen atoms in total. The number of rotatable bonds is 3. The number of ether oxygens (including phenoxy) is 2. The average Bonchev–Trinajstić information content (AvgIpc) is 3.14. The molecule has 2 aromatic carbocycles. The summed E-state index contributed by atoms with van der Waals surface area (Å²) in [6, 6.07) is 9.48. The minimum atomic E-state index is -0.216. The van der Waals surface area contributed by atoms with Gasteiger partial charge in [-0.2, -0.15) is 0 Å². The zero-order valence-electron chi connectivity index (χ0n) is 20.1. The summed E-state index contributed by atoms with van der Waals surface area (Å²) in [5.41, 5.74) is 5.02. The fourth-order valence-corrected chi connectivity index (χ4v) is 6.33. The number of furan rings is 1. The Bertz CT molecular complexity index is 1310. The van der Waals surface area contributed by atoms with Crippen LogP contribution in [0.2, 0.25) is 0 Å². The van der Waals surface area contributed by atoms with E-state index in [2.05, 4.69) is 52.8 Å². The van der Waals surface area contributed by atoms with E-state index < -0.39 is 0 Å². The Morgan fingerprint density at radius 2 is 1.94 bits per heavy atom. The molecular weight excluding hydrogens is 412 g/mol. The lowest BCUT2D eigenvalue weighted by Gasteiger charge is -2.55. The van der Waals surface area contributed by atoms with Crippen LogP contribution in [0.3, 0.4) is 0 Å². The summed E-state index contributed by atoms with van der Waals surface area (Å²) in [4.78, 5) is 0. The molecule has 172 valence electrons. The Labute approximate surface area is 195 Å². The van der Waals surface area contributed by atoms with Crippen LogP contribution in [0.4, 0.5) is 0 Å². The quantitative estimate of drug-likeness (QED) is 0.425.